The van der Waals surface area contributed by atoms with E-state index in [4.69, 9.17) is 27.6 Å². The van der Waals surface area contributed by atoms with E-state index in [1.165, 1.54) is 0 Å². The van der Waals surface area contributed by atoms with Crippen molar-refractivity contribution in [1.82, 2.24) is 4.90 Å². The molecule has 1 aliphatic rings. The smallest absolute Gasteiger partial charge is 0.326 e. The van der Waals surface area contributed by atoms with E-state index in [2.05, 4.69) is 25.7 Å². The lowest BCUT2D eigenvalue weighted by Crippen LogP contribution is -2.30. The molecule has 7 heteroatoms. The Morgan fingerprint density at radius 1 is 1.30 bits per heavy atom. The van der Waals surface area contributed by atoms with Gasteiger partial charge in [0.1, 0.15) is 5.75 Å². The summed E-state index contributed by atoms with van der Waals surface area (Å²) in [7, 11) is 5.17. The molecule has 27 heavy (non-hydrogen) atoms. The Morgan fingerprint density at radius 3 is 2.67 bits per heavy atom. The number of hydrogen-bond donors (Lipinski definition) is 1. The quantitative estimate of drug-likeness (QED) is 0.730. The minimum atomic E-state index is -0.779. The van der Waals surface area contributed by atoms with Crippen LogP contribution in [0.25, 0.3) is 4.85 Å². The fourth-order valence-corrected chi connectivity index (χ4v) is 4.66. The zero-order valence-corrected chi connectivity index (χ0v) is 17.7. The summed E-state index contributed by atoms with van der Waals surface area (Å²) in [4.78, 5) is 6.46. The maximum atomic E-state index is 10.5. The van der Waals surface area contributed by atoms with Crippen molar-refractivity contribution in [3.63, 3.8) is 0 Å². The van der Waals surface area contributed by atoms with Crippen LogP contribution in [-0.2, 0) is 5.54 Å². The van der Waals surface area contributed by atoms with Crippen molar-refractivity contribution >= 4 is 27.5 Å². The molecule has 0 amide bonds. The molecule has 0 spiro atoms. The van der Waals surface area contributed by atoms with Gasteiger partial charge in [-0.3, -0.25) is 4.90 Å². The van der Waals surface area contributed by atoms with Gasteiger partial charge < -0.3 is 14.6 Å². The molecule has 0 radical (unpaired) electrons. The fraction of sp³-hybridized carbons (Fsp3) is 0.350. The maximum Gasteiger partial charge on any atom is 0.326 e. The van der Waals surface area contributed by atoms with E-state index in [-0.39, 0.29) is 11.7 Å². The first-order valence-electron chi connectivity index (χ1n) is 8.37. The summed E-state index contributed by atoms with van der Waals surface area (Å²) in [5.41, 5.74) is 0.800. The molecule has 5 nitrogen and oxygen atoms in total. The number of likely N-dealkylation sites (tertiary alicyclic amines) is 1. The lowest BCUT2D eigenvalue weighted by atomic mass is 9.77. The lowest BCUT2D eigenvalue weighted by Gasteiger charge is -2.23. The largest absolute Gasteiger partial charge is 0.508 e. The molecule has 2 aromatic rings. The Morgan fingerprint density at radius 2 is 2.04 bits per heavy atom. The molecular formula is C20H21BrClN2O3+. The Hall–Kier alpha value is -1.94. The molecule has 2 atom stereocenters. The Bertz CT molecular complexity index is 915. The average molecular weight is 453 g/mol. The number of methoxy groups -OCH3 is 2. The van der Waals surface area contributed by atoms with Crippen molar-refractivity contribution in [2.75, 3.05) is 34.4 Å². The van der Waals surface area contributed by atoms with Gasteiger partial charge in [0.25, 0.3) is 6.57 Å². The van der Waals surface area contributed by atoms with E-state index < -0.39 is 5.54 Å². The van der Waals surface area contributed by atoms with Gasteiger partial charge in [0, 0.05) is 22.7 Å². The first kappa shape index (κ1) is 19.8. The number of likely N-dealkylation sites (N-methyl/N-ethyl adjacent to an activating group) is 1. The van der Waals surface area contributed by atoms with Crippen LogP contribution in [0.1, 0.15) is 17.0 Å². The molecule has 2 unspecified atom stereocenters. The number of hydrogen-bond acceptors (Lipinski definition) is 4. The molecule has 0 bridgehead atoms. The normalized spacial score (nSPS) is 22.4. The number of aromatic hydroxyl groups is 1. The summed E-state index contributed by atoms with van der Waals surface area (Å²) < 4.78 is 11.7. The van der Waals surface area contributed by atoms with Crippen molar-refractivity contribution < 1.29 is 14.6 Å². The Balaban J connectivity index is 2.22. The number of nitrogens with zero attached hydrogens (tertiary/aromatic N) is 2. The van der Waals surface area contributed by atoms with Gasteiger partial charge in [0.05, 0.1) is 31.2 Å². The van der Waals surface area contributed by atoms with E-state index >= 15 is 0 Å². The number of ether oxygens (including phenoxy) is 2. The zero-order chi connectivity index (χ0) is 19.8. The van der Waals surface area contributed by atoms with E-state index in [0.717, 1.165) is 10.0 Å². The molecule has 1 heterocycles. The van der Waals surface area contributed by atoms with E-state index in [9.17, 15) is 5.11 Å². The monoisotopic (exact) mass is 451 g/mol. The predicted molar refractivity (Wildman–Crippen MR) is 111 cm³/mol. The highest BCUT2D eigenvalue weighted by molar-refractivity contribution is 9.10. The zero-order valence-electron chi connectivity index (χ0n) is 15.4. The molecule has 1 saturated heterocycles. The first-order valence-corrected chi connectivity index (χ1v) is 9.54. The first-order chi connectivity index (χ1) is 12.9. The second-order valence-corrected chi connectivity index (χ2v) is 7.99. The topological polar surface area (TPSA) is 46.3 Å². The summed E-state index contributed by atoms with van der Waals surface area (Å²) in [6, 6.07) is 8.85. The van der Waals surface area contributed by atoms with E-state index in [1.54, 1.807) is 32.4 Å². The Kier molecular flexibility index (Phi) is 5.57. The van der Waals surface area contributed by atoms with Crippen molar-refractivity contribution in [1.29, 1.82) is 0 Å². The van der Waals surface area contributed by atoms with Gasteiger partial charge in [-0.05, 0) is 53.3 Å². The van der Waals surface area contributed by atoms with Crippen LogP contribution in [0.5, 0.6) is 17.2 Å². The van der Waals surface area contributed by atoms with Crippen LogP contribution >= 0.6 is 27.5 Å². The standard InChI is InChI=1S/C20H20BrClN2O3/c1-23-20(12-7-16(21)19(27-4)18(8-12)26-3)11-24(2)10-15(20)14-9-13(22)5-6-17(14)25/h1,5-9,15H,10-11H2,2-4H3/p+1. The highest BCUT2D eigenvalue weighted by Gasteiger charge is 2.58. The third kappa shape index (κ3) is 3.36. The summed E-state index contributed by atoms with van der Waals surface area (Å²) in [5, 5.41) is 11.0. The molecule has 2 aromatic carbocycles. The molecule has 142 valence electrons. The second kappa shape index (κ2) is 7.59. The number of phenols is 1. The van der Waals surface area contributed by atoms with Crippen molar-refractivity contribution in [3.8, 4) is 23.8 Å². The predicted octanol–water partition coefficient (Wildman–Crippen LogP) is 4.71. The minimum absolute atomic E-state index is 0.173. The van der Waals surface area contributed by atoms with Gasteiger partial charge in [-0.1, -0.05) is 16.4 Å². The molecular weight excluding hydrogens is 432 g/mol. The molecule has 0 saturated carbocycles. The number of benzene rings is 2. The van der Waals surface area contributed by atoms with Crippen molar-refractivity contribution in [2.45, 2.75) is 11.5 Å². The van der Waals surface area contributed by atoms with Crippen LogP contribution in [0.3, 0.4) is 0 Å². The van der Waals surface area contributed by atoms with Gasteiger partial charge in [0.15, 0.2) is 11.5 Å². The Labute approximate surface area is 172 Å². The van der Waals surface area contributed by atoms with Crippen LogP contribution in [0.4, 0.5) is 0 Å². The van der Waals surface area contributed by atoms with Gasteiger partial charge in [-0.2, -0.15) is 0 Å². The summed E-state index contributed by atoms with van der Waals surface area (Å²) in [6.07, 6.45) is 0. The molecule has 0 aliphatic carbocycles. The third-order valence-corrected chi connectivity index (χ3v) is 5.93. The van der Waals surface area contributed by atoms with Crippen LogP contribution in [-0.4, -0.2) is 44.4 Å². The van der Waals surface area contributed by atoms with Crippen molar-refractivity contribution in [3.05, 3.63) is 55.8 Å². The minimum Gasteiger partial charge on any atom is -0.508 e. The highest BCUT2D eigenvalue weighted by atomic mass is 79.9. The number of rotatable bonds is 4. The van der Waals surface area contributed by atoms with Gasteiger partial charge in [-0.15, -0.1) is 0 Å². The number of halogens is 2. The SMILES string of the molecule is C#[N+]C1(c2cc(Br)c(OC)c(OC)c2)CN(C)CC1c1cc(Cl)ccc1O. The molecule has 0 aromatic heterocycles. The van der Waals surface area contributed by atoms with Crippen LogP contribution in [0, 0.1) is 6.57 Å². The molecule has 3 rings (SSSR count). The molecule has 1 aliphatic heterocycles. The van der Waals surface area contributed by atoms with E-state index in [1.807, 2.05) is 19.2 Å². The van der Waals surface area contributed by atoms with Crippen LogP contribution in [0.15, 0.2) is 34.8 Å². The van der Waals surface area contributed by atoms with Crippen molar-refractivity contribution in [2.24, 2.45) is 0 Å². The maximum absolute atomic E-state index is 10.5. The summed E-state index contributed by atoms with van der Waals surface area (Å²) in [6.45, 7) is 7.24. The van der Waals surface area contributed by atoms with Gasteiger partial charge >= 0.3 is 5.54 Å². The lowest BCUT2D eigenvalue weighted by molar-refractivity contribution is 0.350. The third-order valence-electron chi connectivity index (χ3n) is 5.11. The molecule has 1 N–H and O–H groups in total. The number of phenolic OH excluding ortho intramolecular Hbond substituents is 1. The van der Waals surface area contributed by atoms with Gasteiger partial charge in [-0.25, -0.2) is 0 Å². The summed E-state index contributed by atoms with van der Waals surface area (Å²) in [5.74, 6) is 1.17. The van der Waals surface area contributed by atoms with Crippen LogP contribution in [0.2, 0.25) is 5.02 Å². The second-order valence-electron chi connectivity index (χ2n) is 6.70. The highest BCUT2D eigenvalue weighted by Crippen LogP contribution is 2.51. The van der Waals surface area contributed by atoms with Crippen LogP contribution < -0.4 is 9.47 Å². The summed E-state index contributed by atoms with van der Waals surface area (Å²) >= 11 is 9.74. The van der Waals surface area contributed by atoms with Gasteiger partial charge in [0.2, 0.25) is 0 Å². The molecule has 1 fully saturated rings. The average Bonchev–Trinajstić information content (AvgIpc) is 3.00. The van der Waals surface area contributed by atoms with E-state index in [0.29, 0.717) is 35.2 Å². The fourth-order valence-electron chi connectivity index (χ4n) is 3.87.